The van der Waals surface area contributed by atoms with E-state index in [1.54, 1.807) is 38.5 Å². The van der Waals surface area contributed by atoms with Crippen LogP contribution in [0, 0.1) is 3.95 Å². The minimum atomic E-state index is -0.235. The number of rotatable bonds is 7. The third-order valence-corrected chi connectivity index (χ3v) is 5.65. The molecule has 1 N–H and O–H groups in total. The molecule has 0 saturated heterocycles. The van der Waals surface area contributed by atoms with Gasteiger partial charge in [0.05, 0.1) is 14.2 Å². The third-order valence-electron chi connectivity index (χ3n) is 4.21. The summed E-state index contributed by atoms with van der Waals surface area (Å²) in [5.41, 5.74) is 1.26. The lowest BCUT2D eigenvalue weighted by atomic mass is 10.2. The number of nitrogens with zero attached hydrogens (tertiary/aromatic N) is 1. The predicted octanol–water partition coefficient (Wildman–Crippen LogP) is 4.35. The fraction of sp³-hybridized carbons (Fsp3) is 0.190. The second-order valence-corrected chi connectivity index (χ2v) is 7.80. The topological polar surface area (TPSA) is 69.6 Å². The molecule has 2 aromatic carbocycles. The SMILES string of the molecule is COc1cccc(NC(=O)CCn2c(=O)cc(-c3cccc(OC)c3)sc2=S)c1. The van der Waals surface area contributed by atoms with E-state index in [1.807, 2.05) is 24.3 Å². The largest absolute Gasteiger partial charge is 0.497 e. The number of hydrogen-bond acceptors (Lipinski definition) is 6. The first-order chi connectivity index (χ1) is 14.0. The van der Waals surface area contributed by atoms with Crippen LogP contribution in [0.3, 0.4) is 0 Å². The van der Waals surface area contributed by atoms with Crippen molar-refractivity contribution in [1.29, 1.82) is 0 Å². The van der Waals surface area contributed by atoms with Gasteiger partial charge in [0.1, 0.15) is 11.5 Å². The maximum absolute atomic E-state index is 12.6. The molecule has 3 aromatic rings. The Morgan fingerprint density at radius 3 is 2.45 bits per heavy atom. The van der Waals surface area contributed by atoms with E-state index < -0.39 is 0 Å². The molecule has 0 saturated carbocycles. The van der Waals surface area contributed by atoms with Gasteiger partial charge in [-0.05, 0) is 42.0 Å². The Labute approximate surface area is 177 Å². The highest BCUT2D eigenvalue weighted by atomic mass is 32.1. The summed E-state index contributed by atoms with van der Waals surface area (Å²) < 4.78 is 12.2. The number of carbonyl (C=O) groups excluding carboxylic acids is 1. The summed E-state index contributed by atoms with van der Waals surface area (Å²) in [5, 5.41) is 2.80. The van der Waals surface area contributed by atoms with Gasteiger partial charge < -0.3 is 14.8 Å². The van der Waals surface area contributed by atoms with Crippen molar-refractivity contribution in [3.63, 3.8) is 0 Å². The van der Waals surface area contributed by atoms with E-state index in [0.29, 0.717) is 21.1 Å². The van der Waals surface area contributed by atoms with Crippen molar-refractivity contribution in [1.82, 2.24) is 4.57 Å². The summed E-state index contributed by atoms with van der Waals surface area (Å²) in [6.07, 6.45) is 0.131. The Kier molecular flexibility index (Phi) is 6.79. The average Bonchev–Trinajstić information content (AvgIpc) is 2.73. The highest BCUT2D eigenvalue weighted by Gasteiger charge is 2.09. The Hall–Kier alpha value is -2.97. The molecule has 1 aromatic heterocycles. The number of benzene rings is 2. The van der Waals surface area contributed by atoms with Crippen molar-refractivity contribution < 1.29 is 14.3 Å². The van der Waals surface area contributed by atoms with Gasteiger partial charge in [-0.25, -0.2) is 0 Å². The van der Waals surface area contributed by atoms with Crippen molar-refractivity contribution in [2.75, 3.05) is 19.5 Å². The minimum Gasteiger partial charge on any atom is -0.497 e. The summed E-state index contributed by atoms with van der Waals surface area (Å²) in [5.74, 6) is 1.15. The van der Waals surface area contributed by atoms with Crippen molar-refractivity contribution in [3.05, 3.63) is 68.9 Å². The summed E-state index contributed by atoms with van der Waals surface area (Å²) in [6.45, 7) is 0.211. The van der Waals surface area contributed by atoms with E-state index in [4.69, 9.17) is 21.7 Å². The lowest BCUT2D eigenvalue weighted by Gasteiger charge is -2.09. The maximum atomic E-state index is 12.6. The van der Waals surface area contributed by atoms with E-state index in [0.717, 1.165) is 10.4 Å². The molecule has 3 rings (SSSR count). The number of methoxy groups -OCH3 is 2. The molecule has 0 aliphatic rings. The monoisotopic (exact) mass is 428 g/mol. The summed E-state index contributed by atoms with van der Waals surface area (Å²) in [6, 6.07) is 16.1. The van der Waals surface area contributed by atoms with E-state index in [9.17, 15) is 9.59 Å². The van der Waals surface area contributed by atoms with Gasteiger partial charge in [0.15, 0.2) is 3.95 Å². The Morgan fingerprint density at radius 1 is 1.07 bits per heavy atom. The highest BCUT2D eigenvalue weighted by Crippen LogP contribution is 2.26. The molecular formula is C21H20N2O4S2. The van der Waals surface area contributed by atoms with E-state index in [1.165, 1.54) is 22.0 Å². The zero-order valence-electron chi connectivity index (χ0n) is 16.0. The third kappa shape index (κ3) is 5.30. The number of anilines is 1. The van der Waals surface area contributed by atoms with Crippen LogP contribution >= 0.6 is 23.6 Å². The second kappa shape index (κ2) is 9.49. The van der Waals surface area contributed by atoms with Gasteiger partial charge in [0, 0.05) is 35.7 Å². The predicted molar refractivity (Wildman–Crippen MR) is 118 cm³/mol. The number of aromatic nitrogens is 1. The Balaban J connectivity index is 1.72. The number of nitrogens with one attached hydrogen (secondary N) is 1. The van der Waals surface area contributed by atoms with Crippen LogP contribution in [-0.2, 0) is 11.3 Å². The molecule has 1 amide bonds. The smallest absolute Gasteiger partial charge is 0.253 e. The number of ether oxygens (including phenoxy) is 2. The minimum absolute atomic E-state index is 0.131. The van der Waals surface area contributed by atoms with Crippen LogP contribution in [0.1, 0.15) is 6.42 Å². The molecule has 0 fully saturated rings. The fourth-order valence-electron chi connectivity index (χ4n) is 2.72. The summed E-state index contributed by atoms with van der Waals surface area (Å²) in [7, 11) is 3.16. The molecule has 1 heterocycles. The first-order valence-corrected chi connectivity index (χ1v) is 10.1. The van der Waals surface area contributed by atoms with Crippen LogP contribution in [0.4, 0.5) is 5.69 Å². The van der Waals surface area contributed by atoms with Gasteiger partial charge in [0.25, 0.3) is 5.56 Å². The molecular weight excluding hydrogens is 408 g/mol. The van der Waals surface area contributed by atoms with E-state index in [-0.39, 0.29) is 24.4 Å². The highest BCUT2D eigenvalue weighted by molar-refractivity contribution is 7.73. The second-order valence-electron chi connectivity index (χ2n) is 6.13. The van der Waals surface area contributed by atoms with Crippen LogP contribution in [-0.4, -0.2) is 24.7 Å². The standard InChI is InChI=1S/C21H20N2O4S2/c1-26-16-7-3-5-14(11-16)18-13-20(25)23(21(28)29-18)10-9-19(24)22-15-6-4-8-17(12-15)27-2/h3-8,11-13H,9-10H2,1-2H3,(H,22,24). The zero-order valence-corrected chi connectivity index (χ0v) is 17.6. The van der Waals surface area contributed by atoms with Gasteiger partial charge in [-0.3, -0.25) is 14.2 Å². The Morgan fingerprint density at radius 2 is 1.76 bits per heavy atom. The molecule has 0 bridgehead atoms. The van der Waals surface area contributed by atoms with Crippen LogP contribution in [0.2, 0.25) is 0 Å². The first-order valence-electron chi connectivity index (χ1n) is 8.83. The maximum Gasteiger partial charge on any atom is 0.253 e. The fourth-order valence-corrected chi connectivity index (χ4v) is 4.05. The Bertz CT molecular complexity index is 1110. The molecule has 8 heteroatoms. The molecule has 150 valence electrons. The molecule has 6 nitrogen and oxygen atoms in total. The van der Waals surface area contributed by atoms with Gasteiger partial charge in [-0.15, -0.1) is 11.3 Å². The molecule has 0 atom stereocenters. The lowest BCUT2D eigenvalue weighted by molar-refractivity contribution is -0.116. The molecule has 0 aliphatic carbocycles. The molecule has 0 radical (unpaired) electrons. The van der Waals surface area contributed by atoms with Gasteiger partial charge in [-0.2, -0.15) is 0 Å². The zero-order chi connectivity index (χ0) is 20.8. The van der Waals surface area contributed by atoms with Gasteiger partial charge in [-0.1, -0.05) is 18.2 Å². The number of amides is 1. The van der Waals surface area contributed by atoms with Crippen molar-refractivity contribution in [2.45, 2.75) is 13.0 Å². The molecule has 0 spiro atoms. The van der Waals surface area contributed by atoms with Gasteiger partial charge in [0.2, 0.25) is 5.91 Å². The van der Waals surface area contributed by atoms with Gasteiger partial charge >= 0.3 is 0 Å². The molecule has 0 unspecified atom stereocenters. The van der Waals surface area contributed by atoms with Crippen LogP contribution in [0.25, 0.3) is 10.4 Å². The first kappa shape index (κ1) is 20.8. The number of carbonyl (C=O) groups is 1. The molecule has 0 aliphatic heterocycles. The van der Waals surface area contributed by atoms with Crippen LogP contribution in [0.5, 0.6) is 11.5 Å². The quantitative estimate of drug-likeness (QED) is 0.567. The number of hydrogen-bond donors (Lipinski definition) is 1. The van der Waals surface area contributed by atoms with E-state index in [2.05, 4.69) is 5.32 Å². The van der Waals surface area contributed by atoms with Crippen LogP contribution in [0.15, 0.2) is 59.4 Å². The van der Waals surface area contributed by atoms with Crippen molar-refractivity contribution >= 4 is 35.1 Å². The van der Waals surface area contributed by atoms with Crippen molar-refractivity contribution in [3.8, 4) is 21.9 Å². The lowest BCUT2D eigenvalue weighted by Crippen LogP contribution is -2.22. The van der Waals surface area contributed by atoms with Crippen molar-refractivity contribution in [2.24, 2.45) is 0 Å². The van der Waals surface area contributed by atoms with E-state index >= 15 is 0 Å². The molecule has 29 heavy (non-hydrogen) atoms. The normalized spacial score (nSPS) is 10.4. The summed E-state index contributed by atoms with van der Waals surface area (Å²) >= 11 is 6.73. The summed E-state index contributed by atoms with van der Waals surface area (Å²) in [4.78, 5) is 25.6. The van der Waals surface area contributed by atoms with Crippen LogP contribution < -0.4 is 20.3 Å². The average molecular weight is 429 g/mol.